The summed E-state index contributed by atoms with van der Waals surface area (Å²) in [7, 11) is 0. The van der Waals surface area contributed by atoms with E-state index in [9.17, 15) is 14.4 Å². The molecule has 0 unspecified atom stereocenters. The second-order valence-electron chi connectivity index (χ2n) is 8.14. The molecule has 8 nitrogen and oxygen atoms in total. The smallest absolute Gasteiger partial charge is 0.261 e. The molecule has 3 amide bonds. The maximum Gasteiger partial charge on any atom is 0.261 e. The molecule has 6 rings (SSSR count). The number of hydrogen-bond acceptors (Lipinski definition) is 5. The molecule has 0 fully saturated rings. The van der Waals surface area contributed by atoms with Crippen molar-refractivity contribution in [1.82, 2.24) is 14.5 Å². The summed E-state index contributed by atoms with van der Waals surface area (Å²) >= 11 is 0. The Kier molecular flexibility index (Phi) is 4.77. The van der Waals surface area contributed by atoms with E-state index in [4.69, 9.17) is 4.42 Å². The van der Waals surface area contributed by atoms with Crippen molar-refractivity contribution < 1.29 is 18.8 Å². The van der Waals surface area contributed by atoms with E-state index in [0.29, 0.717) is 11.4 Å². The van der Waals surface area contributed by atoms with Crippen molar-refractivity contribution in [2.75, 3.05) is 5.32 Å². The molecule has 3 aromatic carbocycles. The van der Waals surface area contributed by atoms with Gasteiger partial charge in [-0.05, 0) is 66.7 Å². The highest BCUT2D eigenvalue weighted by atomic mass is 16.3. The number of anilines is 1. The number of benzene rings is 3. The number of rotatable bonds is 5. The lowest BCUT2D eigenvalue weighted by Gasteiger charge is -2.11. The van der Waals surface area contributed by atoms with Gasteiger partial charge in [0.25, 0.3) is 17.7 Å². The third-order valence-electron chi connectivity index (χ3n) is 5.98. The number of nitrogens with zero attached hydrogens (tertiary/aromatic N) is 3. The molecule has 0 radical (unpaired) electrons. The summed E-state index contributed by atoms with van der Waals surface area (Å²) in [5.41, 5.74) is 4.17. The molecule has 0 bridgehead atoms. The van der Waals surface area contributed by atoms with Crippen LogP contribution in [0.3, 0.4) is 0 Å². The largest absolute Gasteiger partial charge is 0.467 e. The van der Waals surface area contributed by atoms with Crippen LogP contribution in [-0.4, -0.2) is 32.2 Å². The Bertz CT molecular complexity index is 1600. The minimum absolute atomic E-state index is 0.0411. The summed E-state index contributed by atoms with van der Waals surface area (Å²) in [6, 6.07) is 23.1. The zero-order chi connectivity index (χ0) is 23.9. The van der Waals surface area contributed by atoms with Crippen LogP contribution in [0.1, 0.15) is 36.8 Å². The summed E-state index contributed by atoms with van der Waals surface area (Å²) < 4.78 is 7.23. The summed E-state index contributed by atoms with van der Waals surface area (Å²) in [5, 5.41) is 2.84. The van der Waals surface area contributed by atoms with Gasteiger partial charge in [-0.2, -0.15) is 0 Å². The Morgan fingerprint density at radius 2 is 1.69 bits per heavy atom. The lowest BCUT2D eigenvalue weighted by atomic mass is 10.1. The Morgan fingerprint density at radius 3 is 2.49 bits per heavy atom. The van der Waals surface area contributed by atoms with Crippen LogP contribution in [0.25, 0.3) is 16.7 Å². The van der Waals surface area contributed by atoms with Gasteiger partial charge >= 0.3 is 0 Å². The highest BCUT2D eigenvalue weighted by Gasteiger charge is 2.36. The number of carbonyl (C=O) groups is 3. The van der Waals surface area contributed by atoms with Gasteiger partial charge in [-0.1, -0.05) is 12.1 Å². The van der Waals surface area contributed by atoms with Crippen LogP contribution in [0.4, 0.5) is 5.69 Å². The molecule has 1 N–H and O–H groups in total. The number of aromatic nitrogens is 2. The molecule has 0 saturated carbocycles. The van der Waals surface area contributed by atoms with Crippen molar-refractivity contribution in [3.63, 3.8) is 0 Å². The standard InChI is InChI=1S/C27H18N4O4/c32-25(29-18-8-10-19(11-9-18)31-16-28-23-5-1-2-6-24(23)31)17-7-12-21-22(14-17)27(34)30(26(21)33)15-20-4-3-13-35-20/h1-14,16H,15H2,(H,29,32). The van der Waals surface area contributed by atoms with E-state index < -0.39 is 11.8 Å². The first-order valence-corrected chi connectivity index (χ1v) is 10.9. The van der Waals surface area contributed by atoms with E-state index in [-0.39, 0.29) is 29.1 Å². The monoisotopic (exact) mass is 462 g/mol. The Morgan fingerprint density at radius 1 is 0.886 bits per heavy atom. The zero-order valence-corrected chi connectivity index (χ0v) is 18.3. The van der Waals surface area contributed by atoms with E-state index in [1.165, 1.54) is 18.4 Å². The molecule has 1 aliphatic heterocycles. The second-order valence-corrected chi connectivity index (χ2v) is 8.14. The normalized spacial score (nSPS) is 12.9. The molecule has 8 heteroatoms. The van der Waals surface area contributed by atoms with Crippen molar-refractivity contribution in [3.05, 3.63) is 114 Å². The van der Waals surface area contributed by atoms with E-state index in [1.807, 2.05) is 41.0 Å². The van der Waals surface area contributed by atoms with E-state index >= 15 is 0 Å². The Hall–Kier alpha value is -4.98. The molecule has 170 valence electrons. The highest BCUT2D eigenvalue weighted by molar-refractivity contribution is 6.22. The number of amides is 3. The molecule has 35 heavy (non-hydrogen) atoms. The lowest BCUT2D eigenvalue weighted by molar-refractivity contribution is 0.0631. The SMILES string of the molecule is O=C(Nc1ccc(-n2cnc3ccccc32)cc1)c1ccc2c(c1)C(=O)N(Cc1ccco1)C2=O. The lowest BCUT2D eigenvalue weighted by Crippen LogP contribution is -2.28. The third kappa shape index (κ3) is 3.57. The van der Waals surface area contributed by atoms with Crippen molar-refractivity contribution in [2.24, 2.45) is 0 Å². The average Bonchev–Trinajstić information content (AvgIpc) is 3.61. The fourth-order valence-corrected chi connectivity index (χ4v) is 4.21. The van der Waals surface area contributed by atoms with Gasteiger partial charge in [0.05, 0.1) is 35.0 Å². The number of carbonyl (C=O) groups excluding carboxylic acids is 3. The minimum Gasteiger partial charge on any atom is -0.467 e. The van der Waals surface area contributed by atoms with Gasteiger partial charge in [0.2, 0.25) is 0 Å². The molecule has 0 saturated heterocycles. The molecule has 3 heterocycles. The predicted molar refractivity (Wildman–Crippen MR) is 128 cm³/mol. The number of furan rings is 1. The number of imidazole rings is 1. The first-order valence-electron chi connectivity index (χ1n) is 10.9. The van der Waals surface area contributed by atoms with Crippen LogP contribution in [-0.2, 0) is 6.54 Å². The van der Waals surface area contributed by atoms with Crippen LogP contribution in [0, 0.1) is 0 Å². The van der Waals surface area contributed by atoms with Crippen LogP contribution in [0.2, 0.25) is 0 Å². The Balaban J connectivity index is 1.20. The van der Waals surface area contributed by atoms with Gasteiger partial charge in [0.1, 0.15) is 12.1 Å². The van der Waals surface area contributed by atoms with Crippen molar-refractivity contribution in [1.29, 1.82) is 0 Å². The molecule has 0 atom stereocenters. The summed E-state index contributed by atoms with van der Waals surface area (Å²) in [4.78, 5) is 43.9. The van der Waals surface area contributed by atoms with Crippen LogP contribution in [0.5, 0.6) is 0 Å². The van der Waals surface area contributed by atoms with Gasteiger partial charge in [-0.25, -0.2) is 4.98 Å². The van der Waals surface area contributed by atoms with Gasteiger partial charge < -0.3 is 9.73 Å². The summed E-state index contributed by atoms with van der Waals surface area (Å²) in [6.07, 6.45) is 3.25. The van der Waals surface area contributed by atoms with Gasteiger partial charge in [0, 0.05) is 16.9 Å². The van der Waals surface area contributed by atoms with E-state index in [0.717, 1.165) is 21.6 Å². The first kappa shape index (κ1) is 20.6. The summed E-state index contributed by atoms with van der Waals surface area (Å²) in [5.74, 6) is -0.730. The fraction of sp³-hybridized carbons (Fsp3) is 0.0370. The van der Waals surface area contributed by atoms with Crippen molar-refractivity contribution >= 4 is 34.4 Å². The molecule has 5 aromatic rings. The minimum atomic E-state index is -0.451. The maximum absolute atomic E-state index is 12.9. The molecule has 2 aromatic heterocycles. The van der Waals surface area contributed by atoms with E-state index in [1.54, 1.807) is 36.7 Å². The second kappa shape index (κ2) is 8.11. The number of fused-ring (bicyclic) bond motifs is 2. The Labute approximate surface area is 199 Å². The zero-order valence-electron chi connectivity index (χ0n) is 18.3. The molecule has 0 spiro atoms. The van der Waals surface area contributed by atoms with E-state index in [2.05, 4.69) is 10.3 Å². The quantitative estimate of drug-likeness (QED) is 0.383. The topological polar surface area (TPSA) is 97.4 Å². The highest BCUT2D eigenvalue weighted by Crippen LogP contribution is 2.26. The number of imide groups is 1. The molecular weight excluding hydrogens is 444 g/mol. The van der Waals surface area contributed by atoms with Crippen LogP contribution in [0.15, 0.2) is 95.9 Å². The average molecular weight is 462 g/mol. The third-order valence-corrected chi connectivity index (χ3v) is 5.98. The number of hydrogen-bond donors (Lipinski definition) is 1. The summed E-state index contributed by atoms with van der Waals surface area (Å²) in [6.45, 7) is 0.0411. The van der Waals surface area contributed by atoms with Crippen LogP contribution < -0.4 is 5.32 Å². The molecule has 0 aliphatic carbocycles. The fourth-order valence-electron chi connectivity index (χ4n) is 4.21. The molecule has 1 aliphatic rings. The molecular formula is C27H18N4O4. The first-order chi connectivity index (χ1) is 17.1. The van der Waals surface area contributed by atoms with Crippen molar-refractivity contribution in [3.8, 4) is 5.69 Å². The van der Waals surface area contributed by atoms with Gasteiger partial charge in [-0.15, -0.1) is 0 Å². The van der Waals surface area contributed by atoms with Gasteiger partial charge in [-0.3, -0.25) is 23.9 Å². The van der Waals surface area contributed by atoms with Crippen molar-refractivity contribution in [2.45, 2.75) is 6.54 Å². The number of para-hydroxylation sites is 2. The van der Waals surface area contributed by atoms with Crippen LogP contribution >= 0.6 is 0 Å². The maximum atomic E-state index is 12.9. The number of nitrogens with one attached hydrogen (secondary N) is 1. The predicted octanol–water partition coefficient (Wildman–Crippen LogP) is 4.67. The van der Waals surface area contributed by atoms with Gasteiger partial charge in [0.15, 0.2) is 0 Å².